The Morgan fingerprint density at radius 2 is 1.95 bits per heavy atom. The lowest BCUT2D eigenvalue weighted by Crippen LogP contribution is -2.34. The lowest BCUT2D eigenvalue weighted by atomic mass is 10.2. The van der Waals surface area contributed by atoms with Crippen LogP contribution in [0.5, 0.6) is 0 Å². The molecule has 1 heterocycles. The van der Waals surface area contributed by atoms with Crippen LogP contribution in [0.25, 0.3) is 0 Å². The first-order chi connectivity index (χ1) is 8.25. The van der Waals surface area contributed by atoms with Crippen molar-refractivity contribution in [1.82, 2.24) is 5.32 Å². The number of thioether (sulfide) groups is 1. The van der Waals surface area contributed by atoms with Gasteiger partial charge in [-0.05, 0) is 6.42 Å². The Morgan fingerprint density at radius 3 is 2.32 bits per heavy atom. The minimum atomic E-state index is -2.50. The van der Waals surface area contributed by atoms with Gasteiger partial charge in [0.25, 0.3) is 9.58 Å². The summed E-state index contributed by atoms with van der Waals surface area (Å²) in [5.41, 5.74) is -0.879. The van der Waals surface area contributed by atoms with Crippen molar-refractivity contribution in [2.45, 2.75) is 10.2 Å². The average Bonchev–Trinajstić information content (AvgIpc) is 2.27. The zero-order valence-corrected chi connectivity index (χ0v) is 12.3. The van der Waals surface area contributed by atoms with Crippen molar-refractivity contribution in [3.8, 4) is 0 Å². The zero-order valence-electron chi connectivity index (χ0n) is 9.24. The highest BCUT2D eigenvalue weighted by Gasteiger charge is 2.43. The molecule has 0 saturated carbocycles. The van der Waals surface area contributed by atoms with Crippen molar-refractivity contribution < 1.29 is 20.0 Å². The molecule has 0 amide bonds. The molecule has 108 valence electrons. The summed E-state index contributed by atoms with van der Waals surface area (Å²) in [4.78, 5) is 33.0. The molecule has 1 aliphatic rings. The molecular weight excluding hydrogens is 343 g/mol. The molecule has 1 saturated heterocycles. The number of carbonyl (C=O) groups excluding carboxylic acids is 2. The molecule has 0 aromatic heterocycles. The maximum atomic E-state index is 11.7. The molecule has 0 radical (unpaired) electrons. The van der Waals surface area contributed by atoms with Crippen LogP contribution in [0.1, 0.15) is 6.42 Å². The SMILES string of the molecule is O.O=C(C(=O)C(Cl)(Cl)Cl)C(=C1NCCCS1)[N+](=O)[O-]. The van der Waals surface area contributed by atoms with E-state index in [1.54, 1.807) is 0 Å². The van der Waals surface area contributed by atoms with Crippen LogP contribution in [0.15, 0.2) is 10.7 Å². The number of hydrogen-bond donors (Lipinski definition) is 1. The third kappa shape index (κ3) is 4.81. The van der Waals surface area contributed by atoms with Gasteiger partial charge in [0, 0.05) is 12.3 Å². The summed E-state index contributed by atoms with van der Waals surface area (Å²) in [6, 6.07) is 0. The van der Waals surface area contributed by atoms with E-state index in [-0.39, 0.29) is 10.5 Å². The van der Waals surface area contributed by atoms with E-state index in [1.807, 2.05) is 0 Å². The third-order valence-electron chi connectivity index (χ3n) is 1.93. The number of ketones is 2. The van der Waals surface area contributed by atoms with Gasteiger partial charge in [-0.1, -0.05) is 34.8 Å². The van der Waals surface area contributed by atoms with Crippen molar-refractivity contribution in [2.24, 2.45) is 0 Å². The van der Waals surface area contributed by atoms with E-state index in [0.717, 1.165) is 18.2 Å². The van der Waals surface area contributed by atoms with Crippen LogP contribution < -0.4 is 5.32 Å². The Hall–Kier alpha value is -0.540. The minimum Gasteiger partial charge on any atom is -0.412 e. The number of alkyl halides is 3. The van der Waals surface area contributed by atoms with Gasteiger partial charge in [0.15, 0.2) is 5.03 Å². The van der Waals surface area contributed by atoms with Gasteiger partial charge in [-0.3, -0.25) is 19.7 Å². The Morgan fingerprint density at radius 1 is 1.37 bits per heavy atom. The van der Waals surface area contributed by atoms with Crippen molar-refractivity contribution >= 4 is 58.1 Å². The summed E-state index contributed by atoms with van der Waals surface area (Å²) >= 11 is 16.8. The van der Waals surface area contributed by atoms with Gasteiger partial charge in [0.1, 0.15) is 0 Å². The third-order valence-corrected chi connectivity index (χ3v) is 3.56. The summed E-state index contributed by atoms with van der Waals surface area (Å²) in [5.74, 6) is -2.26. The topological polar surface area (TPSA) is 121 Å². The average molecular weight is 352 g/mol. The molecular formula is C8H9Cl3N2O5S. The largest absolute Gasteiger partial charge is 0.412 e. The summed E-state index contributed by atoms with van der Waals surface area (Å²) in [6.07, 6.45) is 0.797. The number of Topliss-reactive ketones (excluding diaryl/α,β-unsaturated/α-hetero) is 2. The molecule has 11 heteroatoms. The van der Waals surface area contributed by atoms with Crippen molar-refractivity contribution in [2.75, 3.05) is 12.3 Å². The first-order valence-corrected chi connectivity index (χ1v) is 6.78. The molecule has 3 N–H and O–H groups in total. The predicted octanol–water partition coefficient (Wildman–Crippen LogP) is 0.842. The number of rotatable bonds is 3. The molecule has 0 atom stereocenters. The van der Waals surface area contributed by atoms with Crippen LogP contribution in [0.4, 0.5) is 0 Å². The summed E-state index contributed by atoms with van der Waals surface area (Å²) in [7, 11) is 0. The normalized spacial score (nSPS) is 17.8. The van der Waals surface area contributed by atoms with Gasteiger partial charge in [0.05, 0.1) is 4.92 Å². The fraction of sp³-hybridized carbons (Fsp3) is 0.500. The van der Waals surface area contributed by atoms with Gasteiger partial charge in [-0.2, -0.15) is 0 Å². The predicted molar refractivity (Wildman–Crippen MR) is 73.0 cm³/mol. The zero-order chi connectivity index (χ0) is 13.9. The van der Waals surface area contributed by atoms with E-state index in [2.05, 4.69) is 5.32 Å². The van der Waals surface area contributed by atoms with E-state index in [9.17, 15) is 19.7 Å². The summed E-state index contributed by atoms with van der Waals surface area (Å²) in [6.45, 7) is 0.481. The molecule has 0 spiro atoms. The van der Waals surface area contributed by atoms with Gasteiger partial charge >= 0.3 is 11.5 Å². The van der Waals surface area contributed by atoms with Crippen molar-refractivity contribution in [1.29, 1.82) is 0 Å². The van der Waals surface area contributed by atoms with Crippen molar-refractivity contribution in [3.63, 3.8) is 0 Å². The van der Waals surface area contributed by atoms with Gasteiger partial charge in [0.2, 0.25) is 0 Å². The second-order valence-electron chi connectivity index (χ2n) is 3.22. The van der Waals surface area contributed by atoms with Crippen LogP contribution >= 0.6 is 46.6 Å². The minimum absolute atomic E-state index is 0. The maximum absolute atomic E-state index is 11.7. The Bertz CT molecular complexity index is 427. The van der Waals surface area contributed by atoms with Crippen LogP contribution in [0, 0.1) is 10.1 Å². The quantitative estimate of drug-likeness (QED) is 0.264. The van der Waals surface area contributed by atoms with Crippen LogP contribution in [-0.2, 0) is 9.59 Å². The number of halogens is 3. The Kier molecular flexibility index (Phi) is 7.09. The first kappa shape index (κ1) is 18.5. The van der Waals surface area contributed by atoms with Crippen LogP contribution in [0.2, 0.25) is 0 Å². The molecule has 0 unspecified atom stereocenters. The molecule has 1 rings (SSSR count). The number of nitrogens with zero attached hydrogens (tertiary/aromatic N) is 1. The second-order valence-corrected chi connectivity index (χ2v) is 6.61. The fourth-order valence-corrected chi connectivity index (χ4v) is 2.41. The van der Waals surface area contributed by atoms with E-state index in [4.69, 9.17) is 34.8 Å². The molecule has 1 aliphatic heterocycles. The molecule has 0 bridgehead atoms. The molecule has 19 heavy (non-hydrogen) atoms. The number of hydrogen-bond acceptors (Lipinski definition) is 6. The number of nitrogens with one attached hydrogen (secondary N) is 1. The van der Waals surface area contributed by atoms with E-state index in [1.165, 1.54) is 0 Å². The Balaban J connectivity index is 0.00000324. The fourth-order valence-electron chi connectivity index (χ4n) is 1.16. The van der Waals surface area contributed by atoms with Crippen LogP contribution in [0.3, 0.4) is 0 Å². The maximum Gasteiger partial charge on any atom is 0.349 e. The first-order valence-electron chi connectivity index (χ1n) is 4.66. The van der Waals surface area contributed by atoms with Gasteiger partial charge in [-0.15, -0.1) is 11.8 Å². The molecule has 1 fully saturated rings. The highest BCUT2D eigenvalue weighted by Crippen LogP contribution is 2.30. The van der Waals surface area contributed by atoms with E-state index < -0.39 is 26.0 Å². The van der Waals surface area contributed by atoms with E-state index >= 15 is 0 Å². The van der Waals surface area contributed by atoms with Gasteiger partial charge < -0.3 is 10.8 Å². The number of nitro groups is 1. The standard InChI is InChI=1S/C8H7Cl3N2O4S.H2O/c9-8(10,11)6(15)5(14)4(13(16)17)7-12-2-1-3-18-7;/h12H,1-3H2;1H2. The summed E-state index contributed by atoms with van der Waals surface area (Å²) in [5, 5.41) is 13.6. The van der Waals surface area contributed by atoms with Gasteiger partial charge in [-0.25, -0.2) is 0 Å². The molecule has 0 aromatic carbocycles. The van der Waals surface area contributed by atoms with Crippen molar-refractivity contribution in [3.05, 3.63) is 20.8 Å². The monoisotopic (exact) mass is 350 g/mol. The molecule has 0 aromatic rings. The number of allylic oxidation sites excluding steroid dienone is 1. The Labute approximate surface area is 127 Å². The summed E-state index contributed by atoms with van der Waals surface area (Å²) < 4.78 is -2.50. The van der Waals surface area contributed by atoms with E-state index in [0.29, 0.717) is 12.3 Å². The molecule has 7 nitrogen and oxygen atoms in total. The highest BCUT2D eigenvalue weighted by atomic mass is 35.6. The molecule has 0 aliphatic carbocycles. The highest BCUT2D eigenvalue weighted by molar-refractivity contribution is 8.03. The second kappa shape index (κ2) is 7.30. The van der Waals surface area contributed by atoms with Crippen LogP contribution in [-0.4, -0.2) is 38.1 Å². The smallest absolute Gasteiger partial charge is 0.349 e. The number of carbonyl (C=O) groups is 2. The lowest BCUT2D eigenvalue weighted by molar-refractivity contribution is -0.419. The lowest BCUT2D eigenvalue weighted by Gasteiger charge is -2.16.